The molecule has 4 nitrogen and oxygen atoms in total. The summed E-state index contributed by atoms with van der Waals surface area (Å²) in [5.41, 5.74) is 0. The Kier molecular flexibility index (Phi) is 4.85. The SMILES string of the molecule is CC(C)C(CNC(=O)C1CC1C)N1CCN(C)CC1. The lowest BCUT2D eigenvalue weighted by Crippen LogP contribution is -2.54. The van der Waals surface area contributed by atoms with E-state index in [2.05, 4.69) is 42.9 Å². The Morgan fingerprint density at radius 1 is 1.26 bits per heavy atom. The topological polar surface area (TPSA) is 35.6 Å². The van der Waals surface area contributed by atoms with Crippen molar-refractivity contribution in [3.8, 4) is 0 Å². The molecule has 1 amide bonds. The first-order valence-corrected chi connectivity index (χ1v) is 7.69. The zero-order valence-electron chi connectivity index (χ0n) is 12.9. The zero-order valence-corrected chi connectivity index (χ0v) is 12.9. The van der Waals surface area contributed by atoms with Crippen LogP contribution in [-0.2, 0) is 4.79 Å². The molecule has 0 radical (unpaired) electrons. The van der Waals surface area contributed by atoms with E-state index < -0.39 is 0 Å². The van der Waals surface area contributed by atoms with E-state index in [1.54, 1.807) is 0 Å². The smallest absolute Gasteiger partial charge is 0.223 e. The molecule has 2 fully saturated rings. The minimum atomic E-state index is 0.271. The Balaban J connectivity index is 1.80. The maximum Gasteiger partial charge on any atom is 0.223 e. The summed E-state index contributed by atoms with van der Waals surface area (Å²) in [4.78, 5) is 16.9. The summed E-state index contributed by atoms with van der Waals surface area (Å²) >= 11 is 0. The first kappa shape index (κ1) is 14.8. The van der Waals surface area contributed by atoms with Crippen molar-refractivity contribution in [2.24, 2.45) is 17.8 Å². The fraction of sp³-hybridized carbons (Fsp3) is 0.933. The van der Waals surface area contributed by atoms with Crippen molar-refractivity contribution in [3.63, 3.8) is 0 Å². The van der Waals surface area contributed by atoms with Gasteiger partial charge < -0.3 is 10.2 Å². The molecule has 0 aromatic heterocycles. The van der Waals surface area contributed by atoms with Crippen molar-refractivity contribution in [1.29, 1.82) is 0 Å². The van der Waals surface area contributed by atoms with Gasteiger partial charge in [-0.05, 0) is 25.3 Å². The summed E-state index contributed by atoms with van der Waals surface area (Å²) < 4.78 is 0. The first-order valence-electron chi connectivity index (χ1n) is 7.69. The van der Waals surface area contributed by atoms with Gasteiger partial charge in [-0.25, -0.2) is 0 Å². The van der Waals surface area contributed by atoms with E-state index in [0.29, 0.717) is 23.8 Å². The first-order chi connectivity index (χ1) is 8.99. The van der Waals surface area contributed by atoms with Crippen LogP contribution in [0.1, 0.15) is 27.2 Å². The van der Waals surface area contributed by atoms with Crippen molar-refractivity contribution in [2.45, 2.75) is 33.2 Å². The Hall–Kier alpha value is -0.610. The Morgan fingerprint density at radius 2 is 1.84 bits per heavy atom. The van der Waals surface area contributed by atoms with Gasteiger partial charge in [0, 0.05) is 44.7 Å². The minimum Gasteiger partial charge on any atom is -0.354 e. The zero-order chi connectivity index (χ0) is 14.0. The lowest BCUT2D eigenvalue weighted by Gasteiger charge is -2.40. The number of carbonyl (C=O) groups excluding carboxylic acids is 1. The average molecular weight is 267 g/mol. The van der Waals surface area contributed by atoms with E-state index in [0.717, 1.165) is 39.1 Å². The van der Waals surface area contributed by atoms with Gasteiger partial charge in [-0.2, -0.15) is 0 Å². The van der Waals surface area contributed by atoms with E-state index in [9.17, 15) is 4.79 Å². The van der Waals surface area contributed by atoms with Gasteiger partial charge in [0.1, 0.15) is 0 Å². The molecular weight excluding hydrogens is 238 g/mol. The highest BCUT2D eigenvalue weighted by molar-refractivity contribution is 5.81. The van der Waals surface area contributed by atoms with Crippen molar-refractivity contribution >= 4 is 5.91 Å². The quantitative estimate of drug-likeness (QED) is 0.808. The lowest BCUT2D eigenvalue weighted by molar-refractivity contribution is -0.123. The van der Waals surface area contributed by atoms with Crippen LogP contribution in [0.5, 0.6) is 0 Å². The maximum atomic E-state index is 11.9. The molecule has 4 heteroatoms. The molecule has 2 rings (SSSR count). The van der Waals surface area contributed by atoms with E-state index in [-0.39, 0.29) is 5.91 Å². The van der Waals surface area contributed by atoms with Crippen LogP contribution < -0.4 is 5.32 Å². The van der Waals surface area contributed by atoms with E-state index in [4.69, 9.17) is 0 Å². The third-order valence-corrected chi connectivity index (χ3v) is 4.71. The highest BCUT2D eigenvalue weighted by atomic mass is 16.2. The number of hydrogen-bond donors (Lipinski definition) is 1. The highest BCUT2D eigenvalue weighted by Crippen LogP contribution is 2.37. The summed E-state index contributed by atoms with van der Waals surface area (Å²) in [7, 11) is 2.18. The van der Waals surface area contributed by atoms with Crippen LogP contribution in [0.4, 0.5) is 0 Å². The fourth-order valence-electron chi connectivity index (χ4n) is 2.96. The molecule has 1 aliphatic carbocycles. The van der Waals surface area contributed by atoms with Crippen LogP contribution in [0, 0.1) is 17.8 Å². The number of nitrogens with one attached hydrogen (secondary N) is 1. The molecule has 1 N–H and O–H groups in total. The molecule has 1 heterocycles. The molecule has 110 valence electrons. The third-order valence-electron chi connectivity index (χ3n) is 4.71. The largest absolute Gasteiger partial charge is 0.354 e. The molecule has 0 aromatic rings. The van der Waals surface area contributed by atoms with Gasteiger partial charge in [0.25, 0.3) is 0 Å². The second-order valence-corrected chi connectivity index (χ2v) is 6.72. The van der Waals surface area contributed by atoms with Gasteiger partial charge in [-0.1, -0.05) is 20.8 Å². The summed E-state index contributed by atoms with van der Waals surface area (Å²) in [6.45, 7) is 12.0. The molecule has 19 heavy (non-hydrogen) atoms. The number of amides is 1. The summed E-state index contributed by atoms with van der Waals surface area (Å²) in [6, 6.07) is 0.478. The van der Waals surface area contributed by atoms with Crippen LogP contribution >= 0.6 is 0 Å². The fourth-order valence-corrected chi connectivity index (χ4v) is 2.96. The van der Waals surface area contributed by atoms with Crippen molar-refractivity contribution < 1.29 is 4.79 Å². The van der Waals surface area contributed by atoms with E-state index in [1.807, 2.05) is 0 Å². The molecule has 1 saturated heterocycles. The molecular formula is C15H29N3O. The molecule has 3 atom stereocenters. The number of likely N-dealkylation sites (N-methyl/N-ethyl adjacent to an activating group) is 1. The van der Waals surface area contributed by atoms with Crippen LogP contribution in [0.2, 0.25) is 0 Å². The monoisotopic (exact) mass is 267 g/mol. The van der Waals surface area contributed by atoms with E-state index >= 15 is 0 Å². The molecule has 1 aliphatic heterocycles. The molecule has 0 spiro atoms. The van der Waals surface area contributed by atoms with Gasteiger partial charge in [-0.3, -0.25) is 9.69 Å². The second kappa shape index (κ2) is 6.23. The number of piperazine rings is 1. The number of nitrogens with zero attached hydrogens (tertiary/aromatic N) is 2. The van der Waals surface area contributed by atoms with Gasteiger partial charge in [-0.15, -0.1) is 0 Å². The van der Waals surface area contributed by atoms with E-state index in [1.165, 1.54) is 0 Å². The van der Waals surface area contributed by atoms with Crippen LogP contribution in [0.3, 0.4) is 0 Å². The highest BCUT2D eigenvalue weighted by Gasteiger charge is 2.39. The van der Waals surface area contributed by atoms with Gasteiger partial charge in [0.05, 0.1) is 0 Å². The second-order valence-electron chi connectivity index (χ2n) is 6.72. The van der Waals surface area contributed by atoms with Gasteiger partial charge in [0.15, 0.2) is 0 Å². The van der Waals surface area contributed by atoms with Crippen molar-refractivity contribution in [3.05, 3.63) is 0 Å². The van der Waals surface area contributed by atoms with Gasteiger partial charge >= 0.3 is 0 Å². The third kappa shape index (κ3) is 3.93. The lowest BCUT2D eigenvalue weighted by atomic mass is 10.0. The van der Waals surface area contributed by atoms with Crippen LogP contribution in [0.25, 0.3) is 0 Å². The molecule has 0 aromatic carbocycles. The average Bonchev–Trinajstić information content (AvgIpc) is 3.08. The van der Waals surface area contributed by atoms with Crippen molar-refractivity contribution in [2.75, 3.05) is 39.8 Å². The minimum absolute atomic E-state index is 0.271. The summed E-state index contributed by atoms with van der Waals surface area (Å²) in [6.07, 6.45) is 1.08. The van der Waals surface area contributed by atoms with Crippen LogP contribution in [-0.4, -0.2) is 61.5 Å². The number of rotatable bonds is 5. The molecule has 3 unspecified atom stereocenters. The standard InChI is InChI=1S/C15H29N3O/c1-11(2)14(18-7-5-17(4)6-8-18)10-16-15(19)13-9-12(13)3/h11-14H,5-10H2,1-4H3,(H,16,19). The normalized spacial score (nSPS) is 30.4. The van der Waals surface area contributed by atoms with Crippen LogP contribution in [0.15, 0.2) is 0 Å². The Labute approximate surface area is 117 Å². The number of carbonyl (C=O) groups is 1. The predicted molar refractivity (Wildman–Crippen MR) is 78.0 cm³/mol. The summed E-state index contributed by atoms with van der Waals surface area (Å²) in [5, 5.41) is 3.17. The molecule has 2 aliphatic rings. The predicted octanol–water partition coefficient (Wildman–Crippen LogP) is 1.03. The van der Waals surface area contributed by atoms with Crippen molar-refractivity contribution in [1.82, 2.24) is 15.1 Å². The molecule has 0 bridgehead atoms. The summed E-state index contributed by atoms with van der Waals surface area (Å²) in [5.74, 6) is 1.74. The number of hydrogen-bond acceptors (Lipinski definition) is 3. The molecule has 1 saturated carbocycles. The van der Waals surface area contributed by atoms with Gasteiger partial charge in [0.2, 0.25) is 5.91 Å². The Morgan fingerprint density at radius 3 is 2.32 bits per heavy atom. The maximum absolute atomic E-state index is 11.9. The Bertz CT molecular complexity index is 311.